The lowest BCUT2D eigenvalue weighted by Crippen LogP contribution is -2.30. The van der Waals surface area contributed by atoms with Gasteiger partial charge in [-0.3, -0.25) is 0 Å². The van der Waals surface area contributed by atoms with Gasteiger partial charge in [0, 0.05) is 25.6 Å². The molecule has 0 radical (unpaired) electrons. The maximum absolute atomic E-state index is 9.18. The van der Waals surface area contributed by atoms with Crippen molar-refractivity contribution in [1.82, 2.24) is 14.9 Å². The average molecular weight is 271 g/mol. The number of hydrogen-bond donors (Lipinski definition) is 2. The molecule has 0 amide bonds. The van der Waals surface area contributed by atoms with E-state index in [0.717, 1.165) is 23.3 Å². The fourth-order valence-electron chi connectivity index (χ4n) is 2.98. The molecule has 1 aliphatic rings. The predicted octanol–water partition coefficient (Wildman–Crippen LogP) is 2.16. The topological polar surface area (TPSA) is 50.1 Å². The summed E-state index contributed by atoms with van der Waals surface area (Å²) in [5.74, 6) is 1.34. The molecular formula is C16H21N3O. The van der Waals surface area contributed by atoms with E-state index >= 15 is 0 Å². The molecule has 0 spiro atoms. The Morgan fingerprint density at radius 2 is 2.20 bits per heavy atom. The SMILES string of the molecule is CC(N[C@@H]1C=C[C@H](CO)C1)c1nc2ccccc2n1C. The molecule has 106 valence electrons. The van der Waals surface area contributed by atoms with E-state index < -0.39 is 0 Å². The largest absolute Gasteiger partial charge is 0.396 e. The molecule has 2 aromatic rings. The van der Waals surface area contributed by atoms with Crippen LogP contribution in [-0.2, 0) is 7.05 Å². The van der Waals surface area contributed by atoms with E-state index in [2.05, 4.69) is 42.1 Å². The second-order valence-corrected chi connectivity index (χ2v) is 5.58. The molecule has 0 aliphatic heterocycles. The number of rotatable bonds is 4. The second-order valence-electron chi connectivity index (χ2n) is 5.58. The summed E-state index contributed by atoms with van der Waals surface area (Å²) in [5, 5.41) is 12.8. The Balaban J connectivity index is 1.77. The fourth-order valence-corrected chi connectivity index (χ4v) is 2.98. The molecule has 1 unspecified atom stereocenters. The Labute approximate surface area is 119 Å². The molecule has 4 heteroatoms. The third-order valence-corrected chi connectivity index (χ3v) is 4.08. The summed E-state index contributed by atoms with van der Waals surface area (Å²) in [6.45, 7) is 2.37. The van der Waals surface area contributed by atoms with Crippen molar-refractivity contribution in [2.45, 2.75) is 25.4 Å². The van der Waals surface area contributed by atoms with Gasteiger partial charge in [0.2, 0.25) is 0 Å². The molecule has 3 atom stereocenters. The maximum atomic E-state index is 9.18. The van der Waals surface area contributed by atoms with Crippen molar-refractivity contribution in [3.05, 3.63) is 42.2 Å². The van der Waals surface area contributed by atoms with Crippen LogP contribution in [0.5, 0.6) is 0 Å². The van der Waals surface area contributed by atoms with Crippen LogP contribution in [-0.4, -0.2) is 27.3 Å². The van der Waals surface area contributed by atoms with Crippen molar-refractivity contribution in [3.63, 3.8) is 0 Å². The van der Waals surface area contributed by atoms with E-state index in [-0.39, 0.29) is 12.6 Å². The smallest absolute Gasteiger partial charge is 0.126 e. The van der Waals surface area contributed by atoms with Crippen LogP contribution in [0.25, 0.3) is 11.0 Å². The molecule has 1 aliphatic carbocycles. The van der Waals surface area contributed by atoms with Crippen LogP contribution in [0.2, 0.25) is 0 Å². The van der Waals surface area contributed by atoms with Crippen molar-refractivity contribution >= 4 is 11.0 Å². The number of nitrogens with zero attached hydrogens (tertiary/aromatic N) is 2. The summed E-state index contributed by atoms with van der Waals surface area (Å²) in [7, 11) is 2.06. The Morgan fingerprint density at radius 1 is 1.40 bits per heavy atom. The van der Waals surface area contributed by atoms with Crippen LogP contribution in [0.1, 0.15) is 25.2 Å². The highest BCUT2D eigenvalue weighted by molar-refractivity contribution is 5.75. The average Bonchev–Trinajstić information content (AvgIpc) is 3.04. The number of hydrogen-bond acceptors (Lipinski definition) is 3. The van der Waals surface area contributed by atoms with Crippen molar-refractivity contribution in [1.29, 1.82) is 0 Å². The maximum Gasteiger partial charge on any atom is 0.126 e. The van der Waals surface area contributed by atoms with E-state index in [1.165, 1.54) is 0 Å². The Bertz CT molecular complexity index is 632. The van der Waals surface area contributed by atoms with Gasteiger partial charge in [-0.05, 0) is 25.5 Å². The van der Waals surface area contributed by atoms with Gasteiger partial charge in [0.05, 0.1) is 17.1 Å². The van der Waals surface area contributed by atoms with E-state index in [9.17, 15) is 5.11 Å². The van der Waals surface area contributed by atoms with Crippen LogP contribution in [0, 0.1) is 5.92 Å². The fraction of sp³-hybridized carbons (Fsp3) is 0.438. The first-order valence-corrected chi connectivity index (χ1v) is 7.15. The summed E-state index contributed by atoms with van der Waals surface area (Å²) < 4.78 is 2.15. The molecular weight excluding hydrogens is 250 g/mol. The minimum absolute atomic E-state index is 0.180. The molecule has 0 saturated heterocycles. The van der Waals surface area contributed by atoms with Gasteiger partial charge in [-0.25, -0.2) is 4.98 Å². The molecule has 4 nitrogen and oxygen atoms in total. The Kier molecular flexibility index (Phi) is 3.59. The summed E-state index contributed by atoms with van der Waals surface area (Å²) >= 11 is 0. The normalized spacial score (nSPS) is 23.6. The highest BCUT2D eigenvalue weighted by atomic mass is 16.3. The third-order valence-electron chi connectivity index (χ3n) is 4.08. The van der Waals surface area contributed by atoms with E-state index in [0.29, 0.717) is 12.0 Å². The monoisotopic (exact) mass is 271 g/mol. The van der Waals surface area contributed by atoms with Gasteiger partial charge < -0.3 is 15.0 Å². The van der Waals surface area contributed by atoms with Gasteiger partial charge in [-0.2, -0.15) is 0 Å². The lowest BCUT2D eigenvalue weighted by atomic mass is 10.1. The molecule has 0 fully saturated rings. The van der Waals surface area contributed by atoms with Gasteiger partial charge in [0.1, 0.15) is 5.82 Å². The van der Waals surface area contributed by atoms with Crippen LogP contribution in [0.4, 0.5) is 0 Å². The number of aromatic nitrogens is 2. The van der Waals surface area contributed by atoms with Gasteiger partial charge in [0.25, 0.3) is 0 Å². The van der Waals surface area contributed by atoms with Crippen LogP contribution < -0.4 is 5.32 Å². The first-order valence-electron chi connectivity index (χ1n) is 7.15. The molecule has 1 heterocycles. The number of aliphatic hydroxyl groups is 1. The zero-order valence-corrected chi connectivity index (χ0v) is 12.0. The highest BCUT2D eigenvalue weighted by Gasteiger charge is 2.22. The molecule has 1 aromatic heterocycles. The van der Waals surface area contributed by atoms with Crippen LogP contribution in [0.3, 0.4) is 0 Å². The molecule has 3 rings (SSSR count). The van der Waals surface area contributed by atoms with Gasteiger partial charge in [0.15, 0.2) is 0 Å². The molecule has 1 aromatic carbocycles. The molecule has 20 heavy (non-hydrogen) atoms. The number of imidazole rings is 1. The Hall–Kier alpha value is -1.65. The lowest BCUT2D eigenvalue weighted by Gasteiger charge is -2.19. The number of para-hydroxylation sites is 2. The first-order chi connectivity index (χ1) is 9.69. The molecule has 2 N–H and O–H groups in total. The number of aliphatic hydroxyl groups excluding tert-OH is 1. The van der Waals surface area contributed by atoms with Gasteiger partial charge in [-0.15, -0.1) is 0 Å². The standard InChI is InChI=1S/C16H21N3O/c1-11(17-13-8-7-12(9-13)10-20)16-18-14-5-3-4-6-15(14)19(16)2/h3-8,11-13,17,20H,9-10H2,1-2H3/t11?,12-,13+/m0/s1. The predicted molar refractivity (Wildman–Crippen MR) is 80.4 cm³/mol. The number of aryl methyl sites for hydroxylation is 1. The van der Waals surface area contributed by atoms with Crippen molar-refractivity contribution < 1.29 is 5.11 Å². The van der Waals surface area contributed by atoms with Crippen LogP contribution in [0.15, 0.2) is 36.4 Å². The van der Waals surface area contributed by atoms with E-state index in [4.69, 9.17) is 4.98 Å². The van der Waals surface area contributed by atoms with Crippen molar-refractivity contribution in [2.24, 2.45) is 13.0 Å². The highest BCUT2D eigenvalue weighted by Crippen LogP contribution is 2.23. The number of benzene rings is 1. The number of nitrogens with one attached hydrogen (secondary N) is 1. The summed E-state index contributed by atoms with van der Waals surface area (Å²) in [4.78, 5) is 4.72. The Morgan fingerprint density at radius 3 is 2.90 bits per heavy atom. The lowest BCUT2D eigenvalue weighted by molar-refractivity contribution is 0.244. The summed E-state index contributed by atoms with van der Waals surface area (Å²) in [6, 6.07) is 8.69. The summed E-state index contributed by atoms with van der Waals surface area (Å²) in [5.41, 5.74) is 2.19. The van der Waals surface area contributed by atoms with Gasteiger partial charge >= 0.3 is 0 Å². The quantitative estimate of drug-likeness (QED) is 0.838. The van der Waals surface area contributed by atoms with E-state index in [1.54, 1.807) is 0 Å². The summed E-state index contributed by atoms with van der Waals surface area (Å²) in [6.07, 6.45) is 5.21. The van der Waals surface area contributed by atoms with Crippen LogP contribution >= 0.6 is 0 Å². The zero-order valence-electron chi connectivity index (χ0n) is 12.0. The molecule has 0 bridgehead atoms. The van der Waals surface area contributed by atoms with Crippen molar-refractivity contribution in [3.8, 4) is 0 Å². The third kappa shape index (κ3) is 2.37. The molecule has 0 saturated carbocycles. The zero-order chi connectivity index (χ0) is 14.1. The minimum Gasteiger partial charge on any atom is -0.396 e. The van der Waals surface area contributed by atoms with Crippen molar-refractivity contribution in [2.75, 3.05) is 6.61 Å². The van der Waals surface area contributed by atoms with Gasteiger partial charge in [-0.1, -0.05) is 24.3 Å². The number of fused-ring (bicyclic) bond motifs is 1. The second kappa shape index (κ2) is 5.38. The van der Waals surface area contributed by atoms with E-state index in [1.807, 2.05) is 18.2 Å². The minimum atomic E-state index is 0.180. The first kappa shape index (κ1) is 13.3.